The molecule has 0 spiro atoms. The van der Waals surface area contributed by atoms with Crippen LogP contribution >= 0.6 is 0 Å². The van der Waals surface area contributed by atoms with Crippen molar-refractivity contribution in [2.75, 3.05) is 19.7 Å². The van der Waals surface area contributed by atoms with E-state index in [4.69, 9.17) is 4.74 Å². The van der Waals surface area contributed by atoms with Crippen molar-refractivity contribution in [3.63, 3.8) is 0 Å². The van der Waals surface area contributed by atoms with Gasteiger partial charge in [0.05, 0.1) is 12.5 Å². The van der Waals surface area contributed by atoms with Crippen molar-refractivity contribution in [2.24, 2.45) is 5.92 Å². The molecule has 0 bridgehead atoms. The molecule has 7 nitrogen and oxygen atoms in total. The van der Waals surface area contributed by atoms with Crippen molar-refractivity contribution in [2.45, 2.75) is 19.8 Å². The van der Waals surface area contributed by atoms with Crippen molar-refractivity contribution in [1.82, 2.24) is 14.9 Å². The van der Waals surface area contributed by atoms with Gasteiger partial charge in [0.15, 0.2) is 0 Å². The number of carbonyl (C=O) groups is 2. The summed E-state index contributed by atoms with van der Waals surface area (Å²) in [7, 11) is 0. The molecule has 0 saturated carbocycles. The Kier molecular flexibility index (Phi) is 4.03. The number of nitrogens with zero attached hydrogens (tertiary/aromatic N) is 1. The number of aromatic nitrogens is 2. The molecular weight excluding hydrogens is 250 g/mol. The highest BCUT2D eigenvalue weighted by molar-refractivity contribution is 5.92. The Morgan fingerprint density at radius 3 is 2.95 bits per heavy atom. The first kappa shape index (κ1) is 13.4. The molecule has 1 aromatic rings. The molecule has 1 fully saturated rings. The van der Waals surface area contributed by atoms with Gasteiger partial charge in [-0.25, -0.2) is 4.79 Å². The number of piperidine rings is 1. The summed E-state index contributed by atoms with van der Waals surface area (Å²) in [6.07, 6.45) is 2.83. The van der Waals surface area contributed by atoms with Crippen LogP contribution in [0.2, 0.25) is 0 Å². The predicted octanol–water partition coefficient (Wildman–Crippen LogP) is 0.118. The van der Waals surface area contributed by atoms with Crippen molar-refractivity contribution in [1.29, 1.82) is 0 Å². The summed E-state index contributed by atoms with van der Waals surface area (Å²) in [5.41, 5.74) is -0.197. The van der Waals surface area contributed by atoms with Crippen molar-refractivity contribution in [3.8, 4) is 0 Å². The Morgan fingerprint density at radius 2 is 2.32 bits per heavy atom. The van der Waals surface area contributed by atoms with E-state index in [0.29, 0.717) is 19.7 Å². The smallest absolute Gasteiger partial charge is 0.323 e. The minimum atomic E-state index is -0.415. The van der Waals surface area contributed by atoms with Crippen LogP contribution in [0.4, 0.5) is 0 Å². The summed E-state index contributed by atoms with van der Waals surface area (Å²) >= 11 is 0. The van der Waals surface area contributed by atoms with Gasteiger partial charge < -0.3 is 19.6 Å². The molecule has 2 rings (SSSR count). The third-order valence-corrected chi connectivity index (χ3v) is 3.15. The van der Waals surface area contributed by atoms with Gasteiger partial charge in [-0.05, 0) is 19.8 Å². The highest BCUT2D eigenvalue weighted by Crippen LogP contribution is 2.19. The molecule has 1 aliphatic heterocycles. The zero-order chi connectivity index (χ0) is 13.8. The largest absolute Gasteiger partial charge is 0.466 e. The van der Waals surface area contributed by atoms with E-state index in [1.54, 1.807) is 11.8 Å². The maximum absolute atomic E-state index is 12.1. The van der Waals surface area contributed by atoms with E-state index in [1.807, 2.05) is 0 Å². The number of nitrogens with one attached hydrogen (secondary N) is 2. The minimum Gasteiger partial charge on any atom is -0.466 e. The Bertz CT molecular complexity index is 519. The lowest BCUT2D eigenvalue weighted by Gasteiger charge is -2.31. The molecule has 1 atom stereocenters. The Labute approximate surface area is 109 Å². The number of ether oxygens (including phenoxy) is 1. The number of amides is 1. The van der Waals surface area contributed by atoms with Gasteiger partial charge in [0.25, 0.3) is 5.91 Å². The molecule has 19 heavy (non-hydrogen) atoms. The summed E-state index contributed by atoms with van der Waals surface area (Å²) in [6.45, 7) is 3.02. The van der Waals surface area contributed by atoms with Crippen LogP contribution in [-0.2, 0) is 9.53 Å². The van der Waals surface area contributed by atoms with Crippen LogP contribution in [0.15, 0.2) is 11.0 Å². The SMILES string of the molecule is CCOC(=O)C1CCCN(C(=O)c2c[nH]c(=O)[nH]2)C1. The number of rotatable bonds is 3. The Hall–Kier alpha value is -2.05. The second-order valence-corrected chi connectivity index (χ2v) is 4.50. The standard InChI is InChI=1S/C12H17N3O4/c1-2-19-11(17)8-4-3-5-15(7-8)10(16)9-6-13-12(18)14-9/h6,8H,2-5,7H2,1H3,(H2,13,14,18). The molecule has 1 aliphatic rings. The number of likely N-dealkylation sites (tertiary alicyclic amines) is 1. The van der Waals surface area contributed by atoms with Crippen LogP contribution in [0.5, 0.6) is 0 Å². The quantitative estimate of drug-likeness (QED) is 0.760. The van der Waals surface area contributed by atoms with Gasteiger partial charge >= 0.3 is 11.7 Å². The number of carbonyl (C=O) groups excluding carboxylic acids is 2. The maximum Gasteiger partial charge on any atom is 0.323 e. The average Bonchev–Trinajstić information content (AvgIpc) is 2.85. The van der Waals surface area contributed by atoms with Crippen LogP contribution in [0.3, 0.4) is 0 Å². The van der Waals surface area contributed by atoms with E-state index >= 15 is 0 Å². The predicted molar refractivity (Wildman–Crippen MR) is 66.7 cm³/mol. The van der Waals surface area contributed by atoms with Crippen LogP contribution < -0.4 is 5.69 Å². The molecule has 104 valence electrons. The third kappa shape index (κ3) is 3.04. The zero-order valence-corrected chi connectivity index (χ0v) is 10.8. The van der Waals surface area contributed by atoms with E-state index in [1.165, 1.54) is 6.20 Å². The van der Waals surface area contributed by atoms with E-state index < -0.39 is 5.69 Å². The first-order valence-electron chi connectivity index (χ1n) is 6.35. The van der Waals surface area contributed by atoms with E-state index in [-0.39, 0.29) is 23.5 Å². The van der Waals surface area contributed by atoms with Gasteiger partial charge in [-0.2, -0.15) is 0 Å². The Balaban J connectivity index is 2.03. The summed E-state index contributed by atoms with van der Waals surface area (Å²) in [5, 5.41) is 0. The van der Waals surface area contributed by atoms with Gasteiger partial charge in [-0.1, -0.05) is 0 Å². The Morgan fingerprint density at radius 1 is 1.53 bits per heavy atom. The number of hydrogen-bond acceptors (Lipinski definition) is 4. The molecular formula is C12H17N3O4. The third-order valence-electron chi connectivity index (χ3n) is 3.15. The topological polar surface area (TPSA) is 95.3 Å². The average molecular weight is 267 g/mol. The van der Waals surface area contributed by atoms with E-state index in [0.717, 1.165) is 12.8 Å². The minimum absolute atomic E-state index is 0.217. The lowest BCUT2D eigenvalue weighted by Crippen LogP contribution is -2.43. The van der Waals surface area contributed by atoms with Gasteiger partial charge in [0.1, 0.15) is 5.69 Å². The summed E-state index contributed by atoms with van der Waals surface area (Å²) in [5.74, 6) is -0.807. The van der Waals surface area contributed by atoms with Crippen LogP contribution in [0.25, 0.3) is 0 Å². The number of hydrogen-bond donors (Lipinski definition) is 2. The molecule has 7 heteroatoms. The van der Waals surface area contributed by atoms with Gasteiger partial charge in [-0.15, -0.1) is 0 Å². The fourth-order valence-electron chi connectivity index (χ4n) is 2.23. The van der Waals surface area contributed by atoms with Crippen LogP contribution in [0, 0.1) is 5.92 Å². The molecule has 2 heterocycles. The van der Waals surface area contributed by atoms with Crippen LogP contribution in [-0.4, -0.2) is 46.4 Å². The molecule has 1 unspecified atom stereocenters. The first-order chi connectivity index (χ1) is 9.11. The molecule has 0 aliphatic carbocycles. The van der Waals surface area contributed by atoms with E-state index in [9.17, 15) is 14.4 Å². The lowest BCUT2D eigenvalue weighted by molar-refractivity contribution is -0.149. The number of aromatic amines is 2. The molecule has 0 aromatic carbocycles. The fourth-order valence-corrected chi connectivity index (χ4v) is 2.23. The molecule has 1 saturated heterocycles. The number of H-pyrrole nitrogens is 2. The second kappa shape index (κ2) is 5.73. The fraction of sp³-hybridized carbons (Fsp3) is 0.583. The molecule has 1 aromatic heterocycles. The van der Waals surface area contributed by atoms with Crippen LogP contribution in [0.1, 0.15) is 30.3 Å². The van der Waals surface area contributed by atoms with Gasteiger partial charge in [-0.3, -0.25) is 9.59 Å². The zero-order valence-electron chi connectivity index (χ0n) is 10.8. The monoisotopic (exact) mass is 267 g/mol. The first-order valence-corrected chi connectivity index (χ1v) is 6.35. The molecule has 2 N–H and O–H groups in total. The summed E-state index contributed by atoms with van der Waals surface area (Å²) < 4.78 is 4.98. The summed E-state index contributed by atoms with van der Waals surface area (Å²) in [6, 6.07) is 0. The normalized spacial score (nSPS) is 19.2. The molecule has 0 radical (unpaired) electrons. The highest BCUT2D eigenvalue weighted by atomic mass is 16.5. The summed E-state index contributed by atoms with van der Waals surface area (Å²) in [4.78, 5) is 41.2. The van der Waals surface area contributed by atoms with Gasteiger partial charge in [0, 0.05) is 19.3 Å². The number of imidazole rings is 1. The molecule has 1 amide bonds. The van der Waals surface area contributed by atoms with Crippen molar-refractivity contribution in [3.05, 3.63) is 22.4 Å². The second-order valence-electron chi connectivity index (χ2n) is 4.50. The maximum atomic E-state index is 12.1. The number of esters is 1. The van der Waals surface area contributed by atoms with Crippen molar-refractivity contribution < 1.29 is 14.3 Å². The van der Waals surface area contributed by atoms with Crippen molar-refractivity contribution >= 4 is 11.9 Å². The van der Waals surface area contributed by atoms with Gasteiger partial charge in [0.2, 0.25) is 0 Å². The van der Waals surface area contributed by atoms with E-state index in [2.05, 4.69) is 9.97 Å². The highest BCUT2D eigenvalue weighted by Gasteiger charge is 2.30. The lowest BCUT2D eigenvalue weighted by atomic mass is 9.98.